The first-order valence-corrected chi connectivity index (χ1v) is 14.2. The van der Waals surface area contributed by atoms with Crippen LogP contribution in [0, 0.1) is 0 Å². The maximum absolute atomic E-state index is 13.6. The van der Waals surface area contributed by atoms with Gasteiger partial charge < -0.3 is 20.4 Å². The number of hydrogen-bond donors (Lipinski definition) is 2. The second-order valence-corrected chi connectivity index (χ2v) is 10.4. The molecule has 41 heavy (non-hydrogen) atoms. The molecule has 1 heterocycles. The number of hydrogen-bond acceptors (Lipinski definition) is 4. The number of rotatable bonds is 11. The summed E-state index contributed by atoms with van der Waals surface area (Å²) in [5.41, 5.74) is 1.33. The van der Waals surface area contributed by atoms with Crippen LogP contribution in [0.3, 0.4) is 0 Å². The molecule has 0 bridgehead atoms. The summed E-state index contributed by atoms with van der Waals surface area (Å²) in [5, 5.41) is 8.04. The van der Waals surface area contributed by atoms with Crippen molar-refractivity contribution in [2.24, 2.45) is 0 Å². The van der Waals surface area contributed by atoms with Crippen LogP contribution >= 0.6 is 11.6 Å². The molecule has 3 aromatic rings. The van der Waals surface area contributed by atoms with Crippen LogP contribution in [-0.4, -0.2) is 72.2 Å². The molecule has 4 amide bonds. The van der Waals surface area contributed by atoms with Crippen molar-refractivity contribution >= 4 is 46.0 Å². The van der Waals surface area contributed by atoms with E-state index in [2.05, 4.69) is 17.2 Å². The topological polar surface area (TPSA) is 98.8 Å². The lowest BCUT2D eigenvalue weighted by molar-refractivity contribution is -0.137. The third kappa shape index (κ3) is 7.95. The minimum Gasteiger partial charge on any atom is -0.353 e. The van der Waals surface area contributed by atoms with Gasteiger partial charge in [0.25, 0.3) is 5.91 Å². The van der Waals surface area contributed by atoms with Gasteiger partial charge in [-0.3, -0.25) is 19.2 Å². The van der Waals surface area contributed by atoms with E-state index in [-0.39, 0.29) is 30.0 Å². The van der Waals surface area contributed by atoms with Crippen LogP contribution in [-0.2, 0) is 20.8 Å². The van der Waals surface area contributed by atoms with Gasteiger partial charge in [0, 0.05) is 43.3 Å². The van der Waals surface area contributed by atoms with E-state index in [9.17, 15) is 19.2 Å². The zero-order valence-electron chi connectivity index (χ0n) is 23.0. The van der Waals surface area contributed by atoms with Crippen LogP contribution in [0.25, 0.3) is 10.8 Å². The lowest BCUT2D eigenvalue weighted by atomic mass is 10.0. The molecule has 0 aliphatic carbocycles. The number of carbonyl (C=O) groups excluding carboxylic acids is 4. The van der Waals surface area contributed by atoms with Crippen LogP contribution in [0.4, 0.5) is 0 Å². The van der Waals surface area contributed by atoms with Gasteiger partial charge in [0.15, 0.2) is 0 Å². The molecule has 0 saturated carbocycles. The van der Waals surface area contributed by atoms with E-state index in [1.165, 1.54) is 6.08 Å². The Balaban J connectivity index is 1.38. The summed E-state index contributed by atoms with van der Waals surface area (Å²) >= 11 is 6.23. The van der Waals surface area contributed by atoms with E-state index in [0.717, 1.165) is 10.8 Å². The fourth-order valence-electron chi connectivity index (χ4n) is 5.01. The van der Waals surface area contributed by atoms with E-state index in [4.69, 9.17) is 11.6 Å². The van der Waals surface area contributed by atoms with Gasteiger partial charge in [0.2, 0.25) is 17.7 Å². The van der Waals surface area contributed by atoms with Gasteiger partial charge in [-0.2, -0.15) is 0 Å². The average Bonchev–Trinajstić information content (AvgIpc) is 3.00. The highest BCUT2D eigenvalue weighted by Gasteiger charge is 2.30. The van der Waals surface area contributed by atoms with Crippen molar-refractivity contribution in [3.8, 4) is 0 Å². The molecule has 1 saturated heterocycles. The van der Waals surface area contributed by atoms with Crippen molar-refractivity contribution in [1.82, 2.24) is 20.4 Å². The Bertz CT molecular complexity index is 1410. The number of amides is 4. The molecular formula is C32H35ClN4O4. The number of benzene rings is 3. The Labute approximate surface area is 245 Å². The molecule has 2 N–H and O–H groups in total. The summed E-state index contributed by atoms with van der Waals surface area (Å²) in [6, 6.07) is 19.9. The number of nitrogens with zero attached hydrogens (tertiary/aromatic N) is 2. The second kappa shape index (κ2) is 14.5. The SMILES string of the molecule is C=CC(=O)NCCCC[C@H](NC(=O)Cc1ccccc1Cl)C(=O)N1CCN(C(=O)c2cccc3ccccc23)CC1. The number of unbranched alkanes of at least 4 members (excludes halogenated alkanes) is 1. The number of nitrogens with one attached hydrogen (secondary N) is 2. The molecular weight excluding hydrogens is 540 g/mol. The molecule has 214 valence electrons. The minimum absolute atomic E-state index is 0.0555. The Kier molecular flexibility index (Phi) is 10.5. The van der Waals surface area contributed by atoms with E-state index < -0.39 is 6.04 Å². The normalized spacial score (nSPS) is 13.9. The fourth-order valence-corrected chi connectivity index (χ4v) is 5.21. The van der Waals surface area contributed by atoms with E-state index in [0.29, 0.717) is 68.1 Å². The molecule has 0 spiro atoms. The maximum atomic E-state index is 13.6. The quantitative estimate of drug-likeness (QED) is 0.267. The summed E-state index contributed by atoms with van der Waals surface area (Å²) < 4.78 is 0. The first-order chi connectivity index (χ1) is 19.9. The Morgan fingerprint density at radius 3 is 2.32 bits per heavy atom. The van der Waals surface area contributed by atoms with E-state index >= 15 is 0 Å². The first-order valence-electron chi connectivity index (χ1n) is 13.9. The number of fused-ring (bicyclic) bond motifs is 1. The van der Waals surface area contributed by atoms with E-state index in [1.807, 2.05) is 48.5 Å². The van der Waals surface area contributed by atoms with Crippen LogP contribution in [0.5, 0.6) is 0 Å². The monoisotopic (exact) mass is 574 g/mol. The van der Waals surface area contributed by atoms with Crippen molar-refractivity contribution in [3.63, 3.8) is 0 Å². The van der Waals surface area contributed by atoms with Crippen molar-refractivity contribution in [1.29, 1.82) is 0 Å². The summed E-state index contributed by atoms with van der Waals surface area (Å²) in [7, 11) is 0. The van der Waals surface area contributed by atoms with Crippen LogP contribution in [0.2, 0.25) is 5.02 Å². The predicted octanol–water partition coefficient (Wildman–Crippen LogP) is 3.98. The second-order valence-electron chi connectivity index (χ2n) is 10.0. The van der Waals surface area contributed by atoms with Gasteiger partial charge in [0.05, 0.1) is 6.42 Å². The fraction of sp³-hybridized carbons (Fsp3) is 0.312. The Morgan fingerprint density at radius 1 is 0.878 bits per heavy atom. The Hall–Kier alpha value is -4.17. The zero-order valence-corrected chi connectivity index (χ0v) is 23.7. The molecule has 1 atom stereocenters. The third-order valence-electron chi connectivity index (χ3n) is 7.24. The Morgan fingerprint density at radius 2 is 1.56 bits per heavy atom. The minimum atomic E-state index is -0.722. The summed E-state index contributed by atoms with van der Waals surface area (Å²) in [5.74, 6) is -0.771. The molecule has 0 radical (unpaired) electrons. The summed E-state index contributed by atoms with van der Waals surface area (Å²) in [4.78, 5) is 54.8. The highest BCUT2D eigenvalue weighted by atomic mass is 35.5. The molecule has 3 aromatic carbocycles. The zero-order chi connectivity index (χ0) is 29.2. The predicted molar refractivity (Wildman–Crippen MR) is 161 cm³/mol. The van der Waals surface area contributed by atoms with Crippen molar-refractivity contribution in [3.05, 3.63) is 95.5 Å². The average molecular weight is 575 g/mol. The highest BCUT2D eigenvalue weighted by molar-refractivity contribution is 6.31. The van der Waals surface area contributed by atoms with Gasteiger partial charge in [0.1, 0.15) is 6.04 Å². The first kappa shape index (κ1) is 29.8. The van der Waals surface area contributed by atoms with Gasteiger partial charge in [-0.1, -0.05) is 72.8 Å². The molecule has 4 rings (SSSR count). The molecule has 0 aromatic heterocycles. The smallest absolute Gasteiger partial charge is 0.254 e. The van der Waals surface area contributed by atoms with Gasteiger partial charge in [-0.15, -0.1) is 0 Å². The number of halogens is 1. The highest BCUT2D eigenvalue weighted by Crippen LogP contribution is 2.21. The molecule has 1 aliphatic rings. The summed E-state index contributed by atoms with van der Waals surface area (Å²) in [6.45, 7) is 5.45. The maximum Gasteiger partial charge on any atom is 0.254 e. The summed E-state index contributed by atoms with van der Waals surface area (Å²) in [6.07, 6.45) is 2.97. The standard InChI is InChI=1S/C32H35ClN4O4/c1-2-29(38)34-17-8-7-16-28(35-30(39)22-24-11-4-6-15-27(24)33)32(41)37-20-18-36(19-21-37)31(40)26-14-9-12-23-10-3-5-13-25(23)26/h2-6,9-15,28H,1,7-8,16-22H2,(H,34,38)(H,35,39)/t28-/m0/s1. The van der Waals surface area contributed by atoms with Crippen LogP contribution in [0.15, 0.2) is 79.4 Å². The lowest BCUT2D eigenvalue weighted by Gasteiger charge is -2.36. The largest absolute Gasteiger partial charge is 0.353 e. The van der Waals surface area contributed by atoms with Crippen molar-refractivity contribution in [2.45, 2.75) is 31.7 Å². The third-order valence-corrected chi connectivity index (χ3v) is 7.61. The van der Waals surface area contributed by atoms with Gasteiger partial charge >= 0.3 is 0 Å². The molecule has 9 heteroatoms. The molecule has 1 aliphatic heterocycles. The van der Waals surface area contributed by atoms with Gasteiger partial charge in [-0.05, 0) is 53.8 Å². The number of carbonyl (C=O) groups is 4. The van der Waals surface area contributed by atoms with Crippen molar-refractivity contribution in [2.75, 3.05) is 32.7 Å². The lowest BCUT2D eigenvalue weighted by Crippen LogP contribution is -2.56. The van der Waals surface area contributed by atoms with Crippen molar-refractivity contribution < 1.29 is 19.2 Å². The molecule has 8 nitrogen and oxygen atoms in total. The molecule has 0 unspecified atom stereocenters. The van der Waals surface area contributed by atoms with E-state index in [1.54, 1.807) is 28.0 Å². The molecule has 1 fully saturated rings. The van der Waals surface area contributed by atoms with Crippen LogP contribution < -0.4 is 10.6 Å². The number of piperazine rings is 1. The van der Waals surface area contributed by atoms with Crippen LogP contribution in [0.1, 0.15) is 35.2 Å². The van der Waals surface area contributed by atoms with Gasteiger partial charge in [-0.25, -0.2) is 0 Å².